The topological polar surface area (TPSA) is 53.4 Å². The molecule has 140 valence electrons. The van der Waals surface area contributed by atoms with Crippen LogP contribution in [-0.4, -0.2) is 20.9 Å². The molecule has 1 atom stereocenters. The van der Waals surface area contributed by atoms with Crippen molar-refractivity contribution in [3.05, 3.63) is 106 Å². The number of aliphatic hydroxyl groups excluding tert-OH is 1. The van der Waals surface area contributed by atoms with Crippen LogP contribution in [0.25, 0.3) is 5.57 Å². The number of aromatic nitrogens is 1. The van der Waals surface area contributed by atoms with Gasteiger partial charge in [0.25, 0.3) is 5.91 Å². The first kappa shape index (κ1) is 18.4. The Bertz CT molecular complexity index is 1030. The molecular weight excluding hydrogens is 416 g/mol. The summed E-state index contributed by atoms with van der Waals surface area (Å²) in [6.45, 7) is 2.38. The molecule has 5 heteroatoms. The summed E-state index contributed by atoms with van der Waals surface area (Å²) in [7, 11) is 0. The van der Waals surface area contributed by atoms with E-state index in [0.29, 0.717) is 12.1 Å². The largest absolute Gasteiger partial charge is 0.503 e. The number of rotatable bonds is 4. The van der Waals surface area contributed by atoms with E-state index in [1.807, 2.05) is 67.6 Å². The first-order chi connectivity index (χ1) is 13.5. The van der Waals surface area contributed by atoms with Crippen LogP contribution in [-0.2, 0) is 11.3 Å². The average molecular weight is 435 g/mol. The van der Waals surface area contributed by atoms with Crippen LogP contribution in [0.1, 0.15) is 28.3 Å². The van der Waals surface area contributed by atoms with E-state index in [0.717, 1.165) is 26.7 Å². The number of hydrogen-bond acceptors (Lipinski definition) is 3. The van der Waals surface area contributed by atoms with Gasteiger partial charge < -0.3 is 10.0 Å². The predicted molar refractivity (Wildman–Crippen MR) is 112 cm³/mol. The number of hydrogen-bond donors (Lipinski definition) is 1. The van der Waals surface area contributed by atoms with Gasteiger partial charge in [0.15, 0.2) is 5.76 Å². The maximum atomic E-state index is 13.0. The number of nitrogens with zero attached hydrogens (tertiary/aromatic N) is 2. The molecule has 3 aromatic rings. The normalized spacial score (nSPS) is 16.7. The summed E-state index contributed by atoms with van der Waals surface area (Å²) in [5.74, 6) is -0.562. The first-order valence-electron chi connectivity index (χ1n) is 9.00. The lowest BCUT2D eigenvalue weighted by Gasteiger charge is -2.27. The van der Waals surface area contributed by atoms with Crippen molar-refractivity contribution in [3.63, 3.8) is 0 Å². The zero-order valence-corrected chi connectivity index (χ0v) is 16.9. The van der Waals surface area contributed by atoms with Crippen molar-refractivity contribution in [2.75, 3.05) is 0 Å². The Kier molecular flexibility index (Phi) is 5.01. The number of benzene rings is 2. The van der Waals surface area contributed by atoms with E-state index in [1.165, 1.54) is 0 Å². The smallest absolute Gasteiger partial charge is 0.290 e. The third-order valence-corrected chi connectivity index (χ3v) is 5.46. The Morgan fingerprint density at radius 1 is 1.07 bits per heavy atom. The van der Waals surface area contributed by atoms with Gasteiger partial charge in [-0.2, -0.15) is 0 Å². The molecule has 0 fully saturated rings. The summed E-state index contributed by atoms with van der Waals surface area (Å²) in [4.78, 5) is 18.8. The minimum atomic E-state index is -0.372. The third-order valence-electron chi connectivity index (χ3n) is 4.93. The van der Waals surface area contributed by atoms with Crippen LogP contribution in [0.4, 0.5) is 0 Å². The Morgan fingerprint density at radius 3 is 2.43 bits per heavy atom. The van der Waals surface area contributed by atoms with E-state index >= 15 is 0 Å². The van der Waals surface area contributed by atoms with Crippen molar-refractivity contribution >= 4 is 27.4 Å². The maximum Gasteiger partial charge on any atom is 0.290 e. The minimum absolute atomic E-state index is 0.194. The molecule has 28 heavy (non-hydrogen) atoms. The molecule has 0 bridgehead atoms. The number of halogens is 1. The van der Waals surface area contributed by atoms with Crippen LogP contribution in [0.5, 0.6) is 0 Å². The fraction of sp³-hybridized carbons (Fsp3) is 0.130. The highest BCUT2D eigenvalue weighted by Gasteiger charge is 2.40. The summed E-state index contributed by atoms with van der Waals surface area (Å²) in [5, 5.41) is 10.8. The standard InChI is InChI=1S/C23H19BrN2O2/c1-15-4-6-17(7-5-15)20-21(18-8-10-19(24)11-9-18)26(23(28)22(20)27)14-16-3-2-12-25-13-16/h2-13,21,27H,14H2,1H3/t21-/m0/s1. The first-order valence-corrected chi connectivity index (χ1v) is 9.79. The lowest BCUT2D eigenvalue weighted by atomic mass is 9.93. The molecule has 4 rings (SSSR count). The molecule has 1 aliphatic heterocycles. The highest BCUT2D eigenvalue weighted by Crippen LogP contribution is 2.43. The van der Waals surface area contributed by atoms with E-state index in [4.69, 9.17) is 0 Å². The van der Waals surface area contributed by atoms with Crippen LogP contribution in [0.3, 0.4) is 0 Å². The molecule has 1 N–H and O–H groups in total. The number of pyridine rings is 1. The zero-order valence-electron chi connectivity index (χ0n) is 15.3. The molecule has 4 nitrogen and oxygen atoms in total. The molecule has 0 saturated heterocycles. The zero-order chi connectivity index (χ0) is 19.7. The number of carbonyl (C=O) groups excluding carboxylic acids is 1. The van der Waals surface area contributed by atoms with E-state index in [9.17, 15) is 9.90 Å². The quantitative estimate of drug-likeness (QED) is 0.613. The average Bonchev–Trinajstić information content (AvgIpc) is 2.95. The summed E-state index contributed by atoms with van der Waals surface area (Å²) in [5.41, 5.74) is 4.46. The highest BCUT2D eigenvalue weighted by atomic mass is 79.9. The second-order valence-electron chi connectivity index (χ2n) is 6.88. The highest BCUT2D eigenvalue weighted by molar-refractivity contribution is 9.10. The predicted octanol–water partition coefficient (Wildman–Crippen LogP) is 5.21. The molecule has 1 aromatic heterocycles. The van der Waals surface area contributed by atoms with Crippen molar-refractivity contribution in [2.45, 2.75) is 19.5 Å². The van der Waals surface area contributed by atoms with Crippen LogP contribution in [0.15, 0.2) is 83.3 Å². The lowest BCUT2D eigenvalue weighted by Crippen LogP contribution is -2.29. The van der Waals surface area contributed by atoms with E-state index < -0.39 is 0 Å². The number of carbonyl (C=O) groups is 1. The van der Waals surface area contributed by atoms with Crippen molar-refractivity contribution in [1.82, 2.24) is 9.88 Å². The van der Waals surface area contributed by atoms with Crippen LogP contribution in [0.2, 0.25) is 0 Å². The molecule has 0 saturated carbocycles. The summed E-state index contributed by atoms with van der Waals surface area (Å²) < 4.78 is 0.962. The summed E-state index contributed by atoms with van der Waals surface area (Å²) in [6, 6.07) is 19.1. The molecule has 0 unspecified atom stereocenters. The van der Waals surface area contributed by atoms with Gasteiger partial charge in [0, 0.05) is 29.0 Å². The van der Waals surface area contributed by atoms with Crippen molar-refractivity contribution < 1.29 is 9.90 Å². The van der Waals surface area contributed by atoms with Gasteiger partial charge in [-0.3, -0.25) is 9.78 Å². The third kappa shape index (κ3) is 3.45. The summed E-state index contributed by atoms with van der Waals surface area (Å²) in [6.07, 6.45) is 3.45. The molecule has 0 spiro atoms. The van der Waals surface area contributed by atoms with Gasteiger partial charge in [-0.15, -0.1) is 0 Å². The molecule has 0 aliphatic carbocycles. The Hall–Kier alpha value is -2.92. The van der Waals surface area contributed by atoms with Crippen LogP contribution >= 0.6 is 15.9 Å². The second-order valence-corrected chi connectivity index (χ2v) is 7.79. The molecular formula is C23H19BrN2O2. The molecule has 2 heterocycles. The molecule has 1 aliphatic rings. The lowest BCUT2D eigenvalue weighted by molar-refractivity contribution is -0.130. The minimum Gasteiger partial charge on any atom is -0.503 e. The Balaban J connectivity index is 1.81. The number of aliphatic hydroxyl groups is 1. The van der Waals surface area contributed by atoms with Crippen molar-refractivity contribution in [1.29, 1.82) is 0 Å². The van der Waals surface area contributed by atoms with Gasteiger partial charge in [-0.25, -0.2) is 0 Å². The van der Waals surface area contributed by atoms with E-state index in [1.54, 1.807) is 17.3 Å². The fourth-order valence-electron chi connectivity index (χ4n) is 3.52. The molecule has 0 radical (unpaired) electrons. The number of aryl methyl sites for hydroxylation is 1. The molecule has 1 amide bonds. The fourth-order valence-corrected chi connectivity index (χ4v) is 3.79. The van der Waals surface area contributed by atoms with Crippen molar-refractivity contribution in [2.24, 2.45) is 0 Å². The Labute approximate surface area is 172 Å². The van der Waals surface area contributed by atoms with E-state index in [-0.39, 0.29) is 17.7 Å². The van der Waals surface area contributed by atoms with Gasteiger partial charge >= 0.3 is 0 Å². The van der Waals surface area contributed by atoms with E-state index in [2.05, 4.69) is 20.9 Å². The summed E-state index contributed by atoms with van der Waals surface area (Å²) >= 11 is 3.46. The van der Waals surface area contributed by atoms with Gasteiger partial charge in [0.05, 0.1) is 6.04 Å². The van der Waals surface area contributed by atoms with Crippen molar-refractivity contribution in [3.8, 4) is 0 Å². The SMILES string of the molecule is Cc1ccc(C2=C(O)C(=O)N(Cc3cccnc3)[C@H]2c2ccc(Br)cc2)cc1. The maximum absolute atomic E-state index is 13.0. The number of amides is 1. The van der Waals surface area contributed by atoms with Gasteiger partial charge in [-0.05, 0) is 41.8 Å². The van der Waals surface area contributed by atoms with Crippen LogP contribution in [0, 0.1) is 6.92 Å². The second kappa shape index (κ2) is 7.60. The van der Waals surface area contributed by atoms with Crippen LogP contribution < -0.4 is 0 Å². The monoisotopic (exact) mass is 434 g/mol. The van der Waals surface area contributed by atoms with Gasteiger partial charge in [0.2, 0.25) is 0 Å². The van der Waals surface area contributed by atoms with Gasteiger partial charge in [0.1, 0.15) is 0 Å². The molecule has 2 aromatic carbocycles. The van der Waals surface area contributed by atoms with Gasteiger partial charge in [-0.1, -0.05) is 64.0 Å². The Morgan fingerprint density at radius 2 is 1.79 bits per heavy atom.